The number of nitrogens with zero attached hydrogens (tertiary/aromatic N) is 2. The van der Waals surface area contributed by atoms with Crippen molar-refractivity contribution in [3.05, 3.63) is 40.1 Å². The van der Waals surface area contributed by atoms with Crippen molar-refractivity contribution >= 4 is 22.6 Å². The molecule has 0 aliphatic rings. The van der Waals surface area contributed by atoms with Gasteiger partial charge < -0.3 is 14.8 Å². The van der Waals surface area contributed by atoms with Crippen molar-refractivity contribution in [1.29, 1.82) is 0 Å². The number of benzene rings is 1. The number of alkyl carbamates (subject to hydrolysis) is 1. The van der Waals surface area contributed by atoms with E-state index in [1.165, 1.54) is 12.1 Å². The van der Waals surface area contributed by atoms with E-state index in [9.17, 15) is 14.9 Å². The molecule has 1 aromatic carbocycles. The number of fused-ring (bicyclic) bond motifs is 1. The van der Waals surface area contributed by atoms with Gasteiger partial charge in [0, 0.05) is 18.3 Å². The predicted octanol–water partition coefficient (Wildman–Crippen LogP) is 3.74. The average Bonchev–Trinajstić information content (AvgIpc) is 2.50. The summed E-state index contributed by atoms with van der Waals surface area (Å²) in [6.07, 6.45) is 1.05. The standard InChI is InChI=1S/C18H23N3O5/c1-11-8-13(21(23)24)9-15-14(11)6-7-19-16(15)25-10-12(2)20-17(22)26-18(3,4)5/h6-9,12H,10H2,1-5H3,(H,20,22). The second-order valence-corrected chi connectivity index (χ2v) is 7.09. The van der Waals surface area contributed by atoms with Crippen molar-refractivity contribution in [1.82, 2.24) is 10.3 Å². The second kappa shape index (κ2) is 7.55. The van der Waals surface area contributed by atoms with Gasteiger partial charge >= 0.3 is 6.09 Å². The summed E-state index contributed by atoms with van der Waals surface area (Å²) in [4.78, 5) is 26.6. The highest BCUT2D eigenvalue weighted by Crippen LogP contribution is 2.30. The molecule has 0 aliphatic heterocycles. The number of non-ortho nitro benzene ring substituents is 1. The summed E-state index contributed by atoms with van der Waals surface area (Å²) in [5, 5.41) is 15.2. The number of nitrogens with one attached hydrogen (secondary N) is 1. The molecule has 26 heavy (non-hydrogen) atoms. The van der Waals surface area contributed by atoms with E-state index in [0.29, 0.717) is 5.39 Å². The number of hydrogen-bond donors (Lipinski definition) is 1. The third-order valence-corrected chi connectivity index (χ3v) is 3.48. The number of rotatable bonds is 5. The first-order chi connectivity index (χ1) is 12.1. The SMILES string of the molecule is Cc1cc([N+](=O)[O-])cc2c(OCC(C)NC(=O)OC(C)(C)C)nccc12. The Labute approximate surface area is 151 Å². The van der Waals surface area contributed by atoms with Gasteiger partial charge in [0.15, 0.2) is 0 Å². The molecule has 8 heteroatoms. The molecule has 2 aromatic rings. The van der Waals surface area contributed by atoms with Gasteiger partial charge in [-0.2, -0.15) is 0 Å². The quantitative estimate of drug-likeness (QED) is 0.642. The lowest BCUT2D eigenvalue weighted by Gasteiger charge is -2.22. The monoisotopic (exact) mass is 361 g/mol. The lowest BCUT2D eigenvalue weighted by molar-refractivity contribution is -0.384. The number of carbonyl (C=O) groups is 1. The zero-order chi connectivity index (χ0) is 19.5. The van der Waals surface area contributed by atoms with Gasteiger partial charge in [-0.05, 0) is 51.6 Å². The summed E-state index contributed by atoms with van der Waals surface area (Å²) in [6.45, 7) is 9.05. The van der Waals surface area contributed by atoms with Crippen LogP contribution in [0.25, 0.3) is 10.8 Å². The van der Waals surface area contributed by atoms with Crippen molar-refractivity contribution in [3.63, 3.8) is 0 Å². The summed E-state index contributed by atoms with van der Waals surface area (Å²) in [7, 11) is 0. The molecule has 0 aliphatic carbocycles. The van der Waals surface area contributed by atoms with Crippen LogP contribution in [-0.2, 0) is 4.74 Å². The number of nitro groups is 1. The van der Waals surface area contributed by atoms with Crippen molar-refractivity contribution in [2.75, 3.05) is 6.61 Å². The maximum Gasteiger partial charge on any atom is 0.407 e. The van der Waals surface area contributed by atoms with E-state index < -0.39 is 16.6 Å². The Kier molecular flexibility index (Phi) is 5.64. The highest BCUT2D eigenvalue weighted by molar-refractivity contribution is 5.91. The molecule has 1 amide bonds. The van der Waals surface area contributed by atoms with Crippen LogP contribution in [0.1, 0.15) is 33.3 Å². The summed E-state index contributed by atoms with van der Waals surface area (Å²) in [6, 6.07) is 4.40. The first-order valence-corrected chi connectivity index (χ1v) is 8.23. The molecule has 140 valence electrons. The summed E-state index contributed by atoms with van der Waals surface area (Å²) >= 11 is 0. The van der Waals surface area contributed by atoms with Crippen LogP contribution in [0.2, 0.25) is 0 Å². The Morgan fingerprint density at radius 2 is 2.04 bits per heavy atom. The molecule has 0 bridgehead atoms. The Bertz CT molecular complexity index is 829. The van der Waals surface area contributed by atoms with Crippen molar-refractivity contribution in [2.45, 2.75) is 46.3 Å². The number of nitro benzene ring substituents is 1. The molecule has 1 heterocycles. The highest BCUT2D eigenvalue weighted by Gasteiger charge is 2.19. The number of amides is 1. The van der Waals surface area contributed by atoms with Crippen LogP contribution in [0, 0.1) is 17.0 Å². The maximum atomic E-state index is 11.8. The molecule has 1 unspecified atom stereocenters. The first-order valence-electron chi connectivity index (χ1n) is 8.23. The molecule has 0 radical (unpaired) electrons. The molecule has 1 aromatic heterocycles. The molecular weight excluding hydrogens is 338 g/mol. The summed E-state index contributed by atoms with van der Waals surface area (Å²) < 4.78 is 10.9. The second-order valence-electron chi connectivity index (χ2n) is 7.09. The Balaban J connectivity index is 2.13. The molecule has 0 saturated carbocycles. The Morgan fingerprint density at radius 3 is 2.65 bits per heavy atom. The molecule has 2 rings (SSSR count). The minimum atomic E-state index is -0.585. The van der Waals surface area contributed by atoms with E-state index in [1.54, 1.807) is 46.9 Å². The summed E-state index contributed by atoms with van der Waals surface area (Å²) in [5.74, 6) is 0.284. The third kappa shape index (κ3) is 5.05. The van der Waals surface area contributed by atoms with Gasteiger partial charge in [0.1, 0.15) is 12.2 Å². The van der Waals surface area contributed by atoms with Crippen molar-refractivity contribution in [3.8, 4) is 5.88 Å². The van der Waals surface area contributed by atoms with Crippen LogP contribution in [-0.4, -0.2) is 34.3 Å². The topological polar surface area (TPSA) is 104 Å². The van der Waals surface area contributed by atoms with Gasteiger partial charge in [-0.3, -0.25) is 10.1 Å². The number of pyridine rings is 1. The molecule has 8 nitrogen and oxygen atoms in total. The van der Waals surface area contributed by atoms with E-state index in [1.807, 2.05) is 0 Å². The maximum absolute atomic E-state index is 11.8. The summed E-state index contributed by atoms with van der Waals surface area (Å²) in [5.41, 5.74) is 0.160. The molecule has 1 N–H and O–H groups in total. The molecule has 0 spiro atoms. The van der Waals surface area contributed by atoms with Crippen molar-refractivity contribution in [2.24, 2.45) is 0 Å². The van der Waals surface area contributed by atoms with Gasteiger partial charge in [0.05, 0.1) is 16.4 Å². The molecular formula is C18H23N3O5. The van der Waals surface area contributed by atoms with Gasteiger partial charge in [0.25, 0.3) is 5.69 Å². The van der Waals surface area contributed by atoms with Crippen LogP contribution in [0.4, 0.5) is 10.5 Å². The first kappa shape index (κ1) is 19.4. The fourth-order valence-corrected chi connectivity index (χ4v) is 2.40. The molecule has 0 fully saturated rings. The number of ether oxygens (including phenoxy) is 2. The number of aromatic nitrogens is 1. The highest BCUT2D eigenvalue weighted by atomic mass is 16.6. The van der Waals surface area contributed by atoms with Gasteiger partial charge in [-0.1, -0.05) is 0 Å². The largest absolute Gasteiger partial charge is 0.475 e. The Morgan fingerprint density at radius 1 is 1.35 bits per heavy atom. The van der Waals surface area contributed by atoms with Crippen molar-refractivity contribution < 1.29 is 19.2 Å². The Hall–Kier alpha value is -2.90. The van der Waals surface area contributed by atoms with Gasteiger partial charge in [-0.25, -0.2) is 9.78 Å². The van der Waals surface area contributed by atoms with Crippen LogP contribution < -0.4 is 10.1 Å². The average molecular weight is 361 g/mol. The lowest BCUT2D eigenvalue weighted by Crippen LogP contribution is -2.40. The third-order valence-electron chi connectivity index (χ3n) is 3.48. The van der Waals surface area contributed by atoms with Gasteiger partial charge in [-0.15, -0.1) is 0 Å². The minimum Gasteiger partial charge on any atom is -0.475 e. The molecule has 0 saturated heterocycles. The number of hydrogen-bond acceptors (Lipinski definition) is 6. The van der Waals surface area contributed by atoms with Crippen LogP contribution in [0.3, 0.4) is 0 Å². The number of carbonyl (C=O) groups excluding carboxylic acids is 1. The smallest absolute Gasteiger partial charge is 0.407 e. The van der Waals surface area contributed by atoms with Gasteiger partial charge in [0.2, 0.25) is 5.88 Å². The lowest BCUT2D eigenvalue weighted by atomic mass is 10.1. The predicted molar refractivity (Wildman–Crippen MR) is 97.5 cm³/mol. The normalized spacial score (nSPS) is 12.5. The van der Waals surface area contributed by atoms with Crippen LogP contribution in [0.15, 0.2) is 24.4 Å². The zero-order valence-electron chi connectivity index (χ0n) is 15.5. The fourth-order valence-electron chi connectivity index (χ4n) is 2.40. The molecule has 1 atom stereocenters. The number of aryl methyl sites for hydroxylation is 1. The van der Waals surface area contributed by atoms with Crippen LogP contribution >= 0.6 is 0 Å². The minimum absolute atomic E-state index is 0.0206. The van der Waals surface area contributed by atoms with E-state index >= 15 is 0 Å². The zero-order valence-corrected chi connectivity index (χ0v) is 15.5. The fraction of sp³-hybridized carbons (Fsp3) is 0.444. The van der Waals surface area contributed by atoms with Crippen LogP contribution in [0.5, 0.6) is 5.88 Å². The van der Waals surface area contributed by atoms with E-state index in [4.69, 9.17) is 9.47 Å². The van der Waals surface area contributed by atoms with E-state index in [0.717, 1.165) is 10.9 Å². The van der Waals surface area contributed by atoms with E-state index in [-0.39, 0.29) is 24.2 Å². The van der Waals surface area contributed by atoms with E-state index in [2.05, 4.69) is 10.3 Å².